The SMILES string of the molecule is CC#CC(=O)Nc1cccc(Cl)c1Br. The zero-order chi connectivity index (χ0) is 10.6. The zero-order valence-corrected chi connectivity index (χ0v) is 9.74. The topological polar surface area (TPSA) is 29.1 Å². The third-order valence-corrected chi connectivity index (χ3v) is 2.84. The molecule has 1 aromatic rings. The van der Waals surface area contributed by atoms with Crippen molar-refractivity contribution in [1.82, 2.24) is 0 Å². The largest absolute Gasteiger partial charge is 0.314 e. The molecule has 0 aliphatic carbocycles. The van der Waals surface area contributed by atoms with Crippen molar-refractivity contribution in [2.45, 2.75) is 6.92 Å². The van der Waals surface area contributed by atoms with Gasteiger partial charge in [-0.1, -0.05) is 23.6 Å². The van der Waals surface area contributed by atoms with Gasteiger partial charge in [0.05, 0.1) is 15.2 Å². The summed E-state index contributed by atoms with van der Waals surface area (Å²) in [5, 5.41) is 3.16. The molecule has 0 aliphatic rings. The Balaban J connectivity index is 2.90. The maximum Gasteiger partial charge on any atom is 0.300 e. The van der Waals surface area contributed by atoms with Crippen molar-refractivity contribution in [3.05, 3.63) is 27.7 Å². The Morgan fingerprint density at radius 1 is 1.57 bits per heavy atom. The Hall–Kier alpha value is -0.980. The van der Waals surface area contributed by atoms with Crippen molar-refractivity contribution in [3.63, 3.8) is 0 Å². The van der Waals surface area contributed by atoms with Crippen LogP contribution in [0.15, 0.2) is 22.7 Å². The number of hydrogen-bond acceptors (Lipinski definition) is 1. The van der Waals surface area contributed by atoms with Crippen molar-refractivity contribution >= 4 is 39.1 Å². The van der Waals surface area contributed by atoms with Crippen LogP contribution in [-0.4, -0.2) is 5.91 Å². The first-order valence-electron chi connectivity index (χ1n) is 3.83. The molecule has 1 N–H and O–H groups in total. The van der Waals surface area contributed by atoms with E-state index in [9.17, 15) is 4.79 Å². The van der Waals surface area contributed by atoms with E-state index in [1.807, 2.05) is 0 Å². The Morgan fingerprint density at radius 2 is 2.29 bits per heavy atom. The van der Waals surface area contributed by atoms with Crippen LogP contribution in [0.1, 0.15) is 6.92 Å². The van der Waals surface area contributed by atoms with Crippen molar-refractivity contribution in [2.24, 2.45) is 0 Å². The van der Waals surface area contributed by atoms with Crippen LogP contribution in [0.25, 0.3) is 0 Å². The van der Waals surface area contributed by atoms with Gasteiger partial charge in [-0.25, -0.2) is 0 Å². The van der Waals surface area contributed by atoms with Gasteiger partial charge < -0.3 is 5.32 Å². The molecule has 0 saturated carbocycles. The van der Waals surface area contributed by atoms with Gasteiger partial charge in [0.2, 0.25) is 0 Å². The number of rotatable bonds is 1. The number of hydrogen-bond donors (Lipinski definition) is 1. The lowest BCUT2D eigenvalue weighted by Crippen LogP contribution is -2.08. The Bertz CT molecular complexity index is 420. The molecule has 0 atom stereocenters. The van der Waals surface area contributed by atoms with E-state index in [1.54, 1.807) is 25.1 Å². The summed E-state index contributed by atoms with van der Waals surface area (Å²) in [6, 6.07) is 5.22. The second-order valence-corrected chi connectivity index (χ2v) is 3.63. The minimum absolute atomic E-state index is 0.351. The van der Waals surface area contributed by atoms with Gasteiger partial charge in [-0.05, 0) is 40.9 Å². The summed E-state index contributed by atoms with van der Waals surface area (Å²) < 4.78 is 0.660. The summed E-state index contributed by atoms with van der Waals surface area (Å²) >= 11 is 9.11. The average molecular weight is 273 g/mol. The first-order valence-corrected chi connectivity index (χ1v) is 5.00. The van der Waals surface area contributed by atoms with E-state index in [0.29, 0.717) is 15.2 Å². The highest BCUT2D eigenvalue weighted by Crippen LogP contribution is 2.29. The third-order valence-electron chi connectivity index (χ3n) is 1.44. The fourth-order valence-corrected chi connectivity index (χ4v) is 1.41. The fourth-order valence-electron chi connectivity index (χ4n) is 0.867. The predicted octanol–water partition coefficient (Wildman–Crippen LogP) is 3.06. The Labute approximate surface area is 95.8 Å². The van der Waals surface area contributed by atoms with Crippen LogP contribution in [0.4, 0.5) is 5.69 Å². The molecule has 4 heteroatoms. The summed E-state index contributed by atoms with van der Waals surface area (Å²) in [6.45, 7) is 1.60. The van der Waals surface area contributed by atoms with E-state index in [0.717, 1.165) is 0 Å². The van der Waals surface area contributed by atoms with Crippen LogP contribution in [-0.2, 0) is 4.79 Å². The molecule has 0 heterocycles. The van der Waals surface area contributed by atoms with Crippen LogP contribution >= 0.6 is 27.5 Å². The van der Waals surface area contributed by atoms with Crippen LogP contribution in [0.3, 0.4) is 0 Å². The van der Waals surface area contributed by atoms with Crippen LogP contribution in [0.5, 0.6) is 0 Å². The number of anilines is 1. The lowest BCUT2D eigenvalue weighted by Gasteiger charge is -2.04. The first-order chi connectivity index (χ1) is 6.65. The molecule has 0 bridgehead atoms. The second kappa shape index (κ2) is 5.04. The van der Waals surface area contributed by atoms with Crippen molar-refractivity contribution in [2.75, 3.05) is 5.32 Å². The number of carbonyl (C=O) groups is 1. The molecule has 0 spiro atoms. The molecule has 0 aliphatic heterocycles. The van der Waals surface area contributed by atoms with Crippen molar-refractivity contribution < 1.29 is 4.79 Å². The molecule has 1 aromatic carbocycles. The van der Waals surface area contributed by atoms with Gasteiger partial charge in [-0.2, -0.15) is 0 Å². The fraction of sp³-hybridized carbons (Fsp3) is 0.100. The monoisotopic (exact) mass is 271 g/mol. The van der Waals surface area contributed by atoms with Gasteiger partial charge in [0.15, 0.2) is 0 Å². The van der Waals surface area contributed by atoms with Gasteiger partial charge in [0, 0.05) is 0 Å². The average Bonchev–Trinajstić information content (AvgIpc) is 2.13. The van der Waals surface area contributed by atoms with Crippen LogP contribution in [0, 0.1) is 11.8 Å². The Morgan fingerprint density at radius 3 is 2.93 bits per heavy atom. The van der Waals surface area contributed by atoms with Crippen LogP contribution in [0.2, 0.25) is 5.02 Å². The highest BCUT2D eigenvalue weighted by atomic mass is 79.9. The quantitative estimate of drug-likeness (QED) is 0.782. The molecule has 72 valence electrons. The molecule has 2 nitrogen and oxygen atoms in total. The smallest absolute Gasteiger partial charge is 0.300 e. The normalized spacial score (nSPS) is 8.79. The molecule has 0 radical (unpaired) electrons. The van der Waals surface area contributed by atoms with E-state index < -0.39 is 0 Å². The summed E-state index contributed by atoms with van der Waals surface area (Å²) in [5.41, 5.74) is 0.616. The summed E-state index contributed by atoms with van der Waals surface area (Å²) in [5.74, 6) is 4.54. The molecular weight excluding hydrogens is 265 g/mol. The standard InChI is InChI=1S/C10H7BrClNO/c1-2-4-9(14)13-8-6-3-5-7(12)10(8)11/h3,5-6H,1H3,(H,13,14). The maximum atomic E-state index is 11.1. The van der Waals surface area contributed by atoms with Crippen molar-refractivity contribution in [1.29, 1.82) is 0 Å². The summed E-state index contributed by atoms with van der Waals surface area (Å²) in [7, 11) is 0. The summed E-state index contributed by atoms with van der Waals surface area (Å²) in [4.78, 5) is 11.1. The number of amides is 1. The lowest BCUT2D eigenvalue weighted by molar-refractivity contribution is -0.111. The predicted molar refractivity (Wildman–Crippen MR) is 61.2 cm³/mol. The van der Waals surface area contributed by atoms with E-state index in [4.69, 9.17) is 11.6 Å². The molecule has 1 amide bonds. The second-order valence-electron chi connectivity index (χ2n) is 2.43. The third kappa shape index (κ3) is 2.76. The molecule has 0 saturated heterocycles. The van der Waals surface area contributed by atoms with Crippen LogP contribution < -0.4 is 5.32 Å². The van der Waals surface area contributed by atoms with Gasteiger partial charge in [-0.15, -0.1) is 0 Å². The van der Waals surface area contributed by atoms with E-state index >= 15 is 0 Å². The molecule has 0 fully saturated rings. The molecule has 14 heavy (non-hydrogen) atoms. The number of nitrogens with one attached hydrogen (secondary N) is 1. The summed E-state index contributed by atoms with van der Waals surface area (Å²) in [6.07, 6.45) is 0. The highest BCUT2D eigenvalue weighted by molar-refractivity contribution is 9.10. The minimum atomic E-state index is -0.351. The van der Waals surface area contributed by atoms with Gasteiger partial charge in [0.1, 0.15) is 0 Å². The maximum absolute atomic E-state index is 11.1. The van der Waals surface area contributed by atoms with E-state index in [2.05, 4.69) is 33.1 Å². The number of carbonyl (C=O) groups excluding carboxylic acids is 1. The van der Waals surface area contributed by atoms with Gasteiger partial charge >= 0.3 is 0 Å². The van der Waals surface area contributed by atoms with Crippen molar-refractivity contribution in [3.8, 4) is 11.8 Å². The zero-order valence-electron chi connectivity index (χ0n) is 7.40. The Kier molecular flexibility index (Phi) is 3.99. The number of halogens is 2. The molecule has 0 aromatic heterocycles. The first kappa shape index (κ1) is 11.1. The van der Waals surface area contributed by atoms with Gasteiger partial charge in [-0.3, -0.25) is 4.79 Å². The van der Waals surface area contributed by atoms with Gasteiger partial charge in [0.25, 0.3) is 5.91 Å². The molecule has 0 unspecified atom stereocenters. The minimum Gasteiger partial charge on any atom is -0.314 e. The molecular formula is C10H7BrClNO. The highest BCUT2D eigenvalue weighted by Gasteiger charge is 2.05. The van der Waals surface area contributed by atoms with E-state index in [-0.39, 0.29) is 5.91 Å². The number of benzene rings is 1. The molecule has 1 rings (SSSR count). The lowest BCUT2D eigenvalue weighted by atomic mass is 10.3. The van der Waals surface area contributed by atoms with E-state index in [1.165, 1.54) is 0 Å².